The third kappa shape index (κ3) is 5.44. The minimum absolute atomic E-state index is 0.0476. The highest BCUT2D eigenvalue weighted by Gasteiger charge is 2.38. The number of rotatable bonds is 8. The van der Waals surface area contributed by atoms with E-state index in [9.17, 15) is 18.4 Å². The molecule has 0 fully saturated rings. The molecular weight excluding hydrogens is 552 g/mol. The van der Waals surface area contributed by atoms with E-state index >= 15 is 0 Å². The first-order valence-corrected chi connectivity index (χ1v) is 13.6. The number of aromatic nitrogens is 3. The highest BCUT2D eigenvalue weighted by atomic mass is 35.5. The first-order valence-electron chi connectivity index (χ1n) is 12.3. The van der Waals surface area contributed by atoms with Crippen molar-refractivity contribution in [2.75, 3.05) is 6.61 Å². The molecule has 2 unspecified atom stereocenters. The summed E-state index contributed by atoms with van der Waals surface area (Å²) in [6.45, 7) is 2.02. The van der Waals surface area contributed by atoms with Crippen molar-refractivity contribution >= 4 is 40.7 Å². The number of thiazole rings is 1. The van der Waals surface area contributed by atoms with Crippen molar-refractivity contribution in [3.63, 3.8) is 0 Å². The first kappa shape index (κ1) is 26.9. The minimum atomic E-state index is -1.22. The van der Waals surface area contributed by atoms with Crippen molar-refractivity contribution in [2.45, 2.75) is 45.2 Å². The molecule has 2 aromatic heterocycles. The molecule has 0 bridgehead atoms. The van der Waals surface area contributed by atoms with Gasteiger partial charge in [-0.1, -0.05) is 17.7 Å². The Morgan fingerprint density at radius 1 is 1.33 bits per heavy atom. The second-order valence-electron chi connectivity index (χ2n) is 9.10. The quantitative estimate of drug-likeness (QED) is 0.301. The van der Waals surface area contributed by atoms with Gasteiger partial charge in [-0.25, -0.2) is 18.6 Å². The molecule has 1 aliphatic carbocycles. The molecule has 0 amide bonds. The molecule has 0 saturated heterocycles. The monoisotopic (exact) mass is 575 g/mol. The van der Waals surface area contributed by atoms with Gasteiger partial charge < -0.3 is 15.2 Å². The number of amidine groups is 1. The Bertz CT molecular complexity index is 1490. The summed E-state index contributed by atoms with van der Waals surface area (Å²) < 4.78 is 35.5. The van der Waals surface area contributed by atoms with Gasteiger partial charge in [-0.3, -0.25) is 14.5 Å². The smallest absolute Gasteiger partial charge is 0.338 e. The molecular formula is C26H24ClF2N5O4S. The Labute approximate surface area is 231 Å². The van der Waals surface area contributed by atoms with Crippen molar-refractivity contribution in [2.24, 2.45) is 10.9 Å². The first-order chi connectivity index (χ1) is 18.8. The standard InChI is InChI=1S/C26H24ClF2N5O4S/c1-2-38-26(37)19-22(13-3-4-14-12-34(9-7-18(35)36)33-17(14)11-13)31-24(25-30-8-10-39-25)32-23(19)15-5-6-16(28)21(29)20(15)27/h5-6,8,10,12-13,23H,2-4,7,9,11H2,1H3,(H,31,32)(H,35,36). The number of carboxylic acids is 1. The maximum absolute atomic E-state index is 14.6. The van der Waals surface area contributed by atoms with E-state index < -0.39 is 34.6 Å². The fraction of sp³-hybridized carbons (Fsp3) is 0.346. The molecule has 0 radical (unpaired) electrons. The van der Waals surface area contributed by atoms with Crippen LogP contribution in [0.3, 0.4) is 0 Å². The highest BCUT2D eigenvalue weighted by Crippen LogP contribution is 2.41. The molecule has 1 aromatic carbocycles. The summed E-state index contributed by atoms with van der Waals surface area (Å²) in [5, 5.41) is 18.8. The molecule has 2 atom stereocenters. The number of hydrogen-bond donors (Lipinski definition) is 2. The zero-order valence-corrected chi connectivity index (χ0v) is 22.4. The number of nitrogens with one attached hydrogen (secondary N) is 1. The van der Waals surface area contributed by atoms with Gasteiger partial charge in [-0.2, -0.15) is 5.10 Å². The number of aliphatic carboxylic acids is 1. The molecule has 2 aliphatic rings. The third-order valence-electron chi connectivity index (χ3n) is 6.65. The van der Waals surface area contributed by atoms with Gasteiger partial charge in [0.25, 0.3) is 0 Å². The SMILES string of the molecule is CCOC(=O)C1=C(C2CCc3cn(CCC(=O)O)nc3C2)NC(c2nccs2)=NC1c1ccc(F)c(F)c1Cl. The van der Waals surface area contributed by atoms with Gasteiger partial charge in [0.15, 0.2) is 22.5 Å². The summed E-state index contributed by atoms with van der Waals surface area (Å²) in [4.78, 5) is 33.4. The Balaban J connectivity index is 1.60. The lowest BCUT2D eigenvalue weighted by molar-refractivity contribution is -0.139. The number of carbonyl (C=O) groups is 2. The second kappa shape index (κ2) is 11.2. The van der Waals surface area contributed by atoms with E-state index in [-0.39, 0.29) is 36.6 Å². The van der Waals surface area contributed by atoms with Gasteiger partial charge in [0.05, 0.1) is 35.9 Å². The van der Waals surface area contributed by atoms with E-state index in [2.05, 4.69) is 15.4 Å². The number of allylic oxidation sites excluding steroid dienone is 1. The zero-order chi connectivity index (χ0) is 27.7. The predicted molar refractivity (Wildman–Crippen MR) is 140 cm³/mol. The van der Waals surface area contributed by atoms with Gasteiger partial charge in [-0.15, -0.1) is 11.3 Å². The van der Waals surface area contributed by atoms with Crippen LogP contribution in [-0.2, 0) is 33.7 Å². The number of hydrogen-bond acceptors (Lipinski definition) is 8. The lowest BCUT2D eigenvalue weighted by atomic mass is 9.81. The van der Waals surface area contributed by atoms with Crippen LogP contribution in [0.25, 0.3) is 0 Å². The number of carboxylic acid groups (broad SMARTS) is 1. The van der Waals surface area contributed by atoms with Crippen LogP contribution < -0.4 is 5.32 Å². The van der Waals surface area contributed by atoms with Crippen molar-refractivity contribution in [1.29, 1.82) is 0 Å². The number of aliphatic imine (C=N–C) groups is 1. The molecule has 204 valence electrons. The normalized spacial score (nSPS) is 18.8. The number of nitrogens with zero attached hydrogens (tertiary/aromatic N) is 4. The van der Waals surface area contributed by atoms with E-state index in [4.69, 9.17) is 26.4 Å². The van der Waals surface area contributed by atoms with Gasteiger partial charge in [0, 0.05) is 41.4 Å². The number of halogens is 3. The largest absolute Gasteiger partial charge is 0.481 e. The fourth-order valence-electron chi connectivity index (χ4n) is 4.87. The Hall–Kier alpha value is -3.64. The molecule has 3 heterocycles. The van der Waals surface area contributed by atoms with Crippen LogP contribution in [0.4, 0.5) is 8.78 Å². The molecule has 0 saturated carbocycles. The molecule has 9 nitrogen and oxygen atoms in total. The van der Waals surface area contributed by atoms with E-state index in [1.165, 1.54) is 17.4 Å². The van der Waals surface area contributed by atoms with Crippen molar-refractivity contribution in [3.8, 4) is 0 Å². The van der Waals surface area contributed by atoms with Crippen molar-refractivity contribution in [3.05, 3.63) is 79.7 Å². The topological polar surface area (TPSA) is 119 Å². The Morgan fingerprint density at radius 3 is 2.87 bits per heavy atom. The molecule has 2 N–H and O–H groups in total. The van der Waals surface area contributed by atoms with Crippen LogP contribution in [0, 0.1) is 17.6 Å². The maximum Gasteiger partial charge on any atom is 0.338 e. The summed E-state index contributed by atoms with van der Waals surface area (Å²) >= 11 is 7.59. The van der Waals surface area contributed by atoms with E-state index in [1.54, 1.807) is 23.2 Å². The average Bonchev–Trinajstić information content (AvgIpc) is 3.60. The van der Waals surface area contributed by atoms with Crippen LogP contribution >= 0.6 is 22.9 Å². The van der Waals surface area contributed by atoms with Crippen LogP contribution in [0.2, 0.25) is 5.02 Å². The molecule has 13 heteroatoms. The lowest BCUT2D eigenvalue weighted by Crippen LogP contribution is -2.38. The Kier molecular flexibility index (Phi) is 7.76. The predicted octanol–water partition coefficient (Wildman–Crippen LogP) is 4.46. The third-order valence-corrected chi connectivity index (χ3v) is 7.82. The van der Waals surface area contributed by atoms with Crippen LogP contribution in [0.1, 0.15) is 47.6 Å². The number of esters is 1. The van der Waals surface area contributed by atoms with Gasteiger partial charge in [0.2, 0.25) is 0 Å². The lowest BCUT2D eigenvalue weighted by Gasteiger charge is -2.33. The summed E-state index contributed by atoms with van der Waals surface area (Å²) in [5.74, 6) is -3.74. The fourth-order valence-corrected chi connectivity index (χ4v) is 5.71. The van der Waals surface area contributed by atoms with Crippen molar-refractivity contribution in [1.82, 2.24) is 20.1 Å². The molecule has 1 aliphatic heterocycles. The number of fused-ring (bicyclic) bond motifs is 1. The summed E-state index contributed by atoms with van der Waals surface area (Å²) in [6.07, 6.45) is 5.18. The van der Waals surface area contributed by atoms with Crippen LogP contribution in [-0.4, -0.2) is 44.3 Å². The second-order valence-corrected chi connectivity index (χ2v) is 10.4. The summed E-state index contributed by atoms with van der Waals surface area (Å²) in [6, 6.07) is 1.20. The van der Waals surface area contributed by atoms with Gasteiger partial charge in [-0.05, 0) is 31.4 Å². The highest BCUT2D eigenvalue weighted by molar-refractivity contribution is 7.11. The number of benzene rings is 1. The molecule has 5 rings (SSSR count). The van der Waals surface area contributed by atoms with E-state index in [0.29, 0.717) is 35.8 Å². The van der Waals surface area contributed by atoms with Crippen LogP contribution in [0.15, 0.2) is 46.2 Å². The molecule has 39 heavy (non-hydrogen) atoms. The van der Waals surface area contributed by atoms with Crippen molar-refractivity contribution < 1.29 is 28.2 Å². The number of ether oxygens (including phenoxy) is 1. The minimum Gasteiger partial charge on any atom is -0.481 e. The van der Waals surface area contributed by atoms with E-state index in [0.717, 1.165) is 17.3 Å². The zero-order valence-electron chi connectivity index (χ0n) is 20.8. The van der Waals surface area contributed by atoms with Gasteiger partial charge >= 0.3 is 11.9 Å². The molecule has 3 aromatic rings. The summed E-state index contributed by atoms with van der Waals surface area (Å²) in [7, 11) is 0. The maximum atomic E-state index is 14.6. The van der Waals surface area contributed by atoms with Crippen LogP contribution in [0.5, 0.6) is 0 Å². The number of aryl methyl sites for hydroxylation is 2. The summed E-state index contributed by atoms with van der Waals surface area (Å²) in [5.41, 5.74) is 2.63. The van der Waals surface area contributed by atoms with E-state index in [1.807, 2.05) is 6.20 Å². The van der Waals surface area contributed by atoms with Gasteiger partial charge in [0.1, 0.15) is 6.04 Å². The Morgan fingerprint density at radius 2 is 2.15 bits per heavy atom. The number of carbonyl (C=O) groups excluding carboxylic acids is 1. The average molecular weight is 576 g/mol. The molecule has 0 spiro atoms.